The lowest BCUT2D eigenvalue weighted by molar-refractivity contribution is 0.103. The molecule has 0 aliphatic heterocycles. The molecule has 2 heterocycles. The Bertz CT molecular complexity index is 1480. The van der Waals surface area contributed by atoms with E-state index in [2.05, 4.69) is 20.0 Å². The van der Waals surface area contributed by atoms with Gasteiger partial charge in [0.15, 0.2) is 5.82 Å². The lowest BCUT2D eigenvalue weighted by atomic mass is 10.2. The smallest absolute Gasteiger partial charge is 0.321 e. The summed E-state index contributed by atoms with van der Waals surface area (Å²) < 4.78 is 43.9. The normalized spacial score (nSPS) is 11.2. The van der Waals surface area contributed by atoms with E-state index < -0.39 is 15.9 Å². The van der Waals surface area contributed by atoms with Gasteiger partial charge in [-0.2, -0.15) is 9.97 Å². The van der Waals surface area contributed by atoms with Gasteiger partial charge in [-0.3, -0.25) is 9.52 Å². The second-order valence-electron chi connectivity index (χ2n) is 6.97. The number of benzene rings is 2. The minimum atomic E-state index is -3.99. The molecule has 0 unspecified atom stereocenters. The van der Waals surface area contributed by atoms with Gasteiger partial charge >= 0.3 is 6.01 Å². The quantitative estimate of drug-likeness (QED) is 0.340. The van der Waals surface area contributed by atoms with Crippen molar-refractivity contribution in [2.75, 3.05) is 31.4 Å². The molecule has 2 aromatic carbocycles. The molecule has 0 aliphatic rings. The molecule has 35 heavy (non-hydrogen) atoms. The molecular weight excluding hydrogens is 516 g/mol. The number of anilines is 2. The lowest BCUT2D eigenvalue weighted by Gasteiger charge is -2.10. The van der Waals surface area contributed by atoms with Crippen molar-refractivity contribution in [2.24, 2.45) is 0 Å². The molecule has 0 bridgehead atoms. The van der Waals surface area contributed by atoms with Gasteiger partial charge in [-0.1, -0.05) is 11.6 Å². The van der Waals surface area contributed by atoms with E-state index in [-0.39, 0.29) is 22.6 Å². The van der Waals surface area contributed by atoms with E-state index in [0.717, 1.165) is 10.1 Å². The lowest BCUT2D eigenvalue weighted by Crippen LogP contribution is -2.15. The number of hydrogen-bond donors (Lipinski definition) is 2. The van der Waals surface area contributed by atoms with Crippen LogP contribution in [0.2, 0.25) is 5.02 Å². The molecule has 0 aliphatic carbocycles. The second-order valence-corrected chi connectivity index (χ2v) is 10.1. The number of amides is 1. The van der Waals surface area contributed by atoms with Gasteiger partial charge in [0.05, 0.1) is 31.2 Å². The number of nitrogens with one attached hydrogen (secondary N) is 2. The summed E-state index contributed by atoms with van der Waals surface area (Å²) in [6.45, 7) is 0. The summed E-state index contributed by atoms with van der Waals surface area (Å²) in [7, 11) is 0.309. The summed E-state index contributed by atoms with van der Waals surface area (Å²) in [5, 5.41) is 3.81. The SMILES string of the molecule is COc1ccc2c(Cl)c(C(=O)Nc3ccc(S(=O)(=O)Nc4cc(OC)nc(OC)n4)cc3)sc2c1. The molecule has 4 rings (SSSR count). The molecule has 0 fully saturated rings. The largest absolute Gasteiger partial charge is 0.497 e. The fourth-order valence-electron chi connectivity index (χ4n) is 3.07. The van der Waals surface area contributed by atoms with Crippen LogP contribution in [0.5, 0.6) is 17.6 Å². The number of sulfonamides is 1. The number of carbonyl (C=O) groups is 1. The number of rotatable bonds is 8. The number of methoxy groups -OCH3 is 3. The van der Waals surface area contributed by atoms with E-state index in [1.807, 2.05) is 0 Å². The number of hydrogen-bond acceptors (Lipinski definition) is 9. The highest BCUT2D eigenvalue weighted by Crippen LogP contribution is 2.37. The number of carbonyl (C=O) groups excluding carboxylic acids is 1. The molecule has 2 aromatic heterocycles. The molecule has 0 atom stereocenters. The van der Waals surface area contributed by atoms with Gasteiger partial charge < -0.3 is 19.5 Å². The Kier molecular flexibility index (Phi) is 6.96. The minimum Gasteiger partial charge on any atom is -0.497 e. The summed E-state index contributed by atoms with van der Waals surface area (Å²) >= 11 is 7.64. The standard InChI is InChI=1S/C22H19ClN4O6S2/c1-31-13-6-9-15-16(10-13)34-20(19(15)23)21(28)24-12-4-7-14(8-5-12)35(29,30)27-17-11-18(32-2)26-22(25-17)33-3/h4-11H,1-3H3,(H,24,28)(H,25,26,27). The first-order valence-electron chi connectivity index (χ1n) is 9.91. The predicted octanol–water partition coefficient (Wildman–Crippen LogP) is 4.42. The molecule has 0 saturated heterocycles. The van der Waals surface area contributed by atoms with Gasteiger partial charge in [0.2, 0.25) is 5.88 Å². The Morgan fingerprint density at radius 2 is 1.71 bits per heavy atom. The van der Waals surface area contributed by atoms with Crippen molar-refractivity contribution in [1.82, 2.24) is 9.97 Å². The summed E-state index contributed by atoms with van der Waals surface area (Å²) in [4.78, 5) is 21.0. The Balaban J connectivity index is 1.51. The number of thiophene rings is 1. The van der Waals surface area contributed by atoms with E-state index >= 15 is 0 Å². The fourth-order valence-corrected chi connectivity index (χ4v) is 5.51. The average molecular weight is 535 g/mol. The predicted molar refractivity (Wildman–Crippen MR) is 134 cm³/mol. The number of fused-ring (bicyclic) bond motifs is 1. The van der Waals surface area contributed by atoms with Crippen molar-refractivity contribution in [2.45, 2.75) is 4.90 Å². The molecule has 13 heteroatoms. The van der Waals surface area contributed by atoms with Crippen LogP contribution in [0.1, 0.15) is 9.67 Å². The average Bonchev–Trinajstić information content (AvgIpc) is 3.19. The van der Waals surface area contributed by atoms with Gasteiger partial charge in [-0.05, 0) is 42.5 Å². The molecule has 2 N–H and O–H groups in total. The Morgan fingerprint density at radius 1 is 0.971 bits per heavy atom. The number of aromatic nitrogens is 2. The topological polar surface area (TPSA) is 129 Å². The maximum absolute atomic E-state index is 12.8. The van der Waals surface area contributed by atoms with Crippen molar-refractivity contribution in [3.8, 4) is 17.6 Å². The summed E-state index contributed by atoms with van der Waals surface area (Å²) in [5.74, 6) is 0.351. The van der Waals surface area contributed by atoms with E-state index in [1.165, 1.54) is 55.9 Å². The Morgan fingerprint density at radius 3 is 2.37 bits per heavy atom. The van der Waals surface area contributed by atoms with Crippen LogP contribution in [0.15, 0.2) is 53.4 Å². The Labute approximate surface area is 209 Å². The van der Waals surface area contributed by atoms with Crippen LogP contribution in [-0.4, -0.2) is 45.6 Å². The highest BCUT2D eigenvalue weighted by atomic mass is 35.5. The minimum absolute atomic E-state index is 0.0258. The first kappa shape index (κ1) is 24.5. The van der Waals surface area contributed by atoms with Crippen LogP contribution < -0.4 is 24.2 Å². The van der Waals surface area contributed by atoms with Gasteiger partial charge in [0.25, 0.3) is 15.9 Å². The van der Waals surface area contributed by atoms with Crippen LogP contribution in [0.4, 0.5) is 11.5 Å². The van der Waals surface area contributed by atoms with Crippen LogP contribution in [0.25, 0.3) is 10.1 Å². The third kappa shape index (κ3) is 5.24. The zero-order valence-corrected chi connectivity index (χ0v) is 21.0. The first-order chi connectivity index (χ1) is 16.7. The number of halogens is 1. The van der Waals surface area contributed by atoms with Crippen LogP contribution in [-0.2, 0) is 10.0 Å². The van der Waals surface area contributed by atoms with Crippen molar-refractivity contribution in [1.29, 1.82) is 0 Å². The highest BCUT2D eigenvalue weighted by molar-refractivity contribution is 7.92. The zero-order chi connectivity index (χ0) is 25.2. The number of nitrogens with zero attached hydrogens (tertiary/aromatic N) is 2. The molecule has 10 nitrogen and oxygen atoms in total. The second kappa shape index (κ2) is 9.94. The molecule has 4 aromatic rings. The first-order valence-corrected chi connectivity index (χ1v) is 12.6. The highest BCUT2D eigenvalue weighted by Gasteiger charge is 2.20. The van der Waals surface area contributed by atoms with E-state index in [0.29, 0.717) is 21.3 Å². The van der Waals surface area contributed by atoms with Gasteiger partial charge in [-0.15, -0.1) is 11.3 Å². The monoisotopic (exact) mass is 534 g/mol. The van der Waals surface area contributed by atoms with Gasteiger partial charge in [0, 0.05) is 21.8 Å². The molecule has 0 spiro atoms. The van der Waals surface area contributed by atoms with Gasteiger partial charge in [0.1, 0.15) is 10.6 Å². The number of ether oxygens (including phenoxy) is 3. The molecule has 0 saturated carbocycles. The van der Waals surface area contributed by atoms with Crippen LogP contribution in [0.3, 0.4) is 0 Å². The summed E-state index contributed by atoms with van der Waals surface area (Å²) in [5.41, 5.74) is 0.394. The van der Waals surface area contributed by atoms with E-state index in [1.54, 1.807) is 25.3 Å². The van der Waals surface area contributed by atoms with Crippen LogP contribution in [0, 0.1) is 0 Å². The molecule has 182 valence electrons. The van der Waals surface area contributed by atoms with E-state index in [9.17, 15) is 13.2 Å². The van der Waals surface area contributed by atoms with Crippen molar-refractivity contribution >= 4 is 60.5 Å². The van der Waals surface area contributed by atoms with Gasteiger partial charge in [-0.25, -0.2) is 8.42 Å². The van der Waals surface area contributed by atoms with Crippen molar-refractivity contribution in [3.63, 3.8) is 0 Å². The Hall–Kier alpha value is -3.61. The van der Waals surface area contributed by atoms with Crippen molar-refractivity contribution in [3.05, 3.63) is 58.4 Å². The molecule has 1 amide bonds. The van der Waals surface area contributed by atoms with E-state index in [4.69, 9.17) is 25.8 Å². The zero-order valence-electron chi connectivity index (χ0n) is 18.7. The summed E-state index contributed by atoms with van der Waals surface area (Å²) in [6.07, 6.45) is 0. The third-order valence-electron chi connectivity index (χ3n) is 4.78. The maximum Gasteiger partial charge on any atom is 0.321 e. The van der Waals surface area contributed by atoms with Crippen LogP contribution >= 0.6 is 22.9 Å². The fraction of sp³-hybridized carbons (Fsp3) is 0.136. The third-order valence-corrected chi connectivity index (χ3v) is 7.80. The molecular formula is C22H19ClN4O6S2. The summed E-state index contributed by atoms with van der Waals surface area (Å²) in [6, 6.07) is 12.3. The molecule has 0 radical (unpaired) electrons. The maximum atomic E-state index is 12.8. The van der Waals surface area contributed by atoms with Crippen molar-refractivity contribution < 1.29 is 27.4 Å².